The number of amides is 3. The molecule has 33 heavy (non-hydrogen) atoms. The molecule has 1 atom stereocenters. The first-order valence-corrected chi connectivity index (χ1v) is 11.6. The average molecular weight is 472 g/mol. The highest BCUT2D eigenvalue weighted by molar-refractivity contribution is 6.30. The Balaban J connectivity index is 1.54. The maximum Gasteiger partial charge on any atom is 0.253 e. The van der Waals surface area contributed by atoms with Gasteiger partial charge in [-0.3, -0.25) is 19.3 Å². The van der Waals surface area contributed by atoms with Gasteiger partial charge in [-0.25, -0.2) is 4.98 Å². The van der Waals surface area contributed by atoms with E-state index < -0.39 is 0 Å². The van der Waals surface area contributed by atoms with E-state index in [2.05, 4.69) is 15.6 Å². The summed E-state index contributed by atoms with van der Waals surface area (Å²) in [6.07, 6.45) is 3.07. The van der Waals surface area contributed by atoms with Crippen LogP contribution in [-0.4, -0.2) is 65.2 Å². The summed E-state index contributed by atoms with van der Waals surface area (Å²) in [7, 11) is 0. The Labute approximate surface area is 199 Å². The summed E-state index contributed by atoms with van der Waals surface area (Å²) in [6.45, 7) is 6.55. The van der Waals surface area contributed by atoms with Crippen molar-refractivity contribution >= 4 is 40.8 Å². The van der Waals surface area contributed by atoms with Gasteiger partial charge in [0.05, 0.1) is 17.5 Å². The van der Waals surface area contributed by atoms with Gasteiger partial charge in [0.2, 0.25) is 11.8 Å². The van der Waals surface area contributed by atoms with Crippen LogP contribution in [0.25, 0.3) is 0 Å². The Bertz CT molecular complexity index is 978. The fourth-order valence-corrected chi connectivity index (χ4v) is 4.03. The van der Waals surface area contributed by atoms with E-state index in [1.807, 2.05) is 18.7 Å². The Morgan fingerprint density at radius 2 is 1.94 bits per heavy atom. The fraction of sp³-hybridized carbons (Fsp3) is 0.417. The molecule has 8 nitrogen and oxygen atoms in total. The normalized spacial score (nSPS) is 16.2. The van der Waals surface area contributed by atoms with Crippen LogP contribution in [0.5, 0.6) is 0 Å². The van der Waals surface area contributed by atoms with E-state index in [1.165, 1.54) is 6.20 Å². The average Bonchev–Trinajstić information content (AvgIpc) is 2.81. The van der Waals surface area contributed by atoms with Crippen molar-refractivity contribution in [2.24, 2.45) is 5.92 Å². The monoisotopic (exact) mass is 471 g/mol. The number of nitrogens with one attached hydrogen (secondary N) is 2. The molecular formula is C24H30ClN5O3. The number of benzene rings is 1. The SMILES string of the molecule is CCN(CC)C(=O)c1cccc(NC(=O)CN2CCCC(C(=O)Nc3ccc(Cl)cn3)C2)c1. The molecule has 1 aromatic heterocycles. The lowest BCUT2D eigenvalue weighted by Crippen LogP contribution is -2.44. The number of piperidine rings is 1. The summed E-state index contributed by atoms with van der Waals surface area (Å²) < 4.78 is 0. The molecule has 2 N–H and O–H groups in total. The van der Waals surface area contributed by atoms with Gasteiger partial charge < -0.3 is 15.5 Å². The van der Waals surface area contributed by atoms with E-state index >= 15 is 0 Å². The molecule has 2 aromatic rings. The predicted octanol–water partition coefficient (Wildman–Crippen LogP) is 3.51. The number of pyridine rings is 1. The van der Waals surface area contributed by atoms with Crippen molar-refractivity contribution in [3.63, 3.8) is 0 Å². The third-order valence-corrected chi connectivity index (χ3v) is 5.89. The van der Waals surface area contributed by atoms with E-state index in [4.69, 9.17) is 11.6 Å². The Morgan fingerprint density at radius 1 is 1.15 bits per heavy atom. The van der Waals surface area contributed by atoms with Gasteiger partial charge in [0.25, 0.3) is 5.91 Å². The number of likely N-dealkylation sites (tertiary alicyclic amines) is 1. The topological polar surface area (TPSA) is 94.6 Å². The zero-order valence-electron chi connectivity index (χ0n) is 19.0. The zero-order chi connectivity index (χ0) is 23.8. The third-order valence-electron chi connectivity index (χ3n) is 5.67. The first kappa shape index (κ1) is 24.7. The summed E-state index contributed by atoms with van der Waals surface area (Å²) in [6, 6.07) is 10.3. The fourth-order valence-electron chi connectivity index (χ4n) is 3.92. The second-order valence-electron chi connectivity index (χ2n) is 8.03. The van der Waals surface area contributed by atoms with Crippen LogP contribution in [0.4, 0.5) is 11.5 Å². The molecule has 176 valence electrons. The van der Waals surface area contributed by atoms with Crippen LogP contribution in [0.15, 0.2) is 42.6 Å². The number of anilines is 2. The van der Waals surface area contributed by atoms with E-state index in [0.29, 0.717) is 41.7 Å². The third kappa shape index (κ3) is 7.00. The molecule has 9 heteroatoms. The molecule has 2 heterocycles. The molecule has 0 bridgehead atoms. The quantitative estimate of drug-likeness (QED) is 0.614. The molecule has 1 fully saturated rings. The number of carbonyl (C=O) groups is 3. The first-order valence-electron chi connectivity index (χ1n) is 11.2. The molecular weight excluding hydrogens is 442 g/mol. The van der Waals surface area contributed by atoms with E-state index in [0.717, 1.165) is 19.4 Å². The highest BCUT2D eigenvalue weighted by Gasteiger charge is 2.27. The standard InChI is InChI=1S/C24H30ClN5O3/c1-3-30(4-2)24(33)17-7-5-9-20(13-17)27-22(31)16-29-12-6-8-18(15-29)23(32)28-21-11-10-19(25)14-26-21/h5,7,9-11,13-14,18H,3-4,6,8,12,15-16H2,1-2H3,(H,27,31)(H,26,28,32). The van der Waals surface area contributed by atoms with Crippen molar-refractivity contribution < 1.29 is 14.4 Å². The van der Waals surface area contributed by atoms with E-state index in [-0.39, 0.29) is 30.2 Å². The zero-order valence-corrected chi connectivity index (χ0v) is 19.8. The predicted molar refractivity (Wildman–Crippen MR) is 129 cm³/mol. The van der Waals surface area contributed by atoms with Gasteiger partial charge >= 0.3 is 0 Å². The second kappa shape index (κ2) is 11.8. The molecule has 1 aliphatic rings. The van der Waals surface area contributed by atoms with Crippen molar-refractivity contribution in [1.82, 2.24) is 14.8 Å². The lowest BCUT2D eigenvalue weighted by molar-refractivity contribution is -0.123. The van der Waals surface area contributed by atoms with Gasteiger partial charge in [0.1, 0.15) is 5.82 Å². The molecule has 0 aliphatic carbocycles. The van der Waals surface area contributed by atoms with Gasteiger partial charge in [0.15, 0.2) is 0 Å². The highest BCUT2D eigenvalue weighted by atomic mass is 35.5. The molecule has 3 amide bonds. The number of aromatic nitrogens is 1. The molecule has 1 unspecified atom stereocenters. The Morgan fingerprint density at radius 3 is 2.64 bits per heavy atom. The van der Waals surface area contributed by atoms with Crippen LogP contribution in [0.3, 0.4) is 0 Å². The van der Waals surface area contributed by atoms with Gasteiger partial charge in [0, 0.05) is 37.1 Å². The number of rotatable bonds is 8. The molecule has 3 rings (SSSR count). The summed E-state index contributed by atoms with van der Waals surface area (Å²) in [5.41, 5.74) is 1.13. The molecule has 1 saturated heterocycles. The minimum absolute atomic E-state index is 0.0591. The van der Waals surface area contributed by atoms with Crippen LogP contribution in [-0.2, 0) is 9.59 Å². The molecule has 0 spiro atoms. The van der Waals surface area contributed by atoms with E-state index in [9.17, 15) is 14.4 Å². The summed E-state index contributed by atoms with van der Waals surface area (Å²) in [5, 5.41) is 6.20. The minimum atomic E-state index is -0.223. The first-order chi connectivity index (χ1) is 15.9. The summed E-state index contributed by atoms with van der Waals surface area (Å²) >= 11 is 5.84. The van der Waals surface area contributed by atoms with Gasteiger partial charge in [-0.1, -0.05) is 17.7 Å². The van der Waals surface area contributed by atoms with Crippen molar-refractivity contribution in [3.8, 4) is 0 Å². The van der Waals surface area contributed by atoms with Gasteiger partial charge in [-0.2, -0.15) is 0 Å². The number of carbonyl (C=O) groups excluding carboxylic acids is 3. The van der Waals surface area contributed by atoms with Crippen LogP contribution >= 0.6 is 11.6 Å². The van der Waals surface area contributed by atoms with Crippen molar-refractivity contribution in [1.29, 1.82) is 0 Å². The Hall–Kier alpha value is -2.97. The van der Waals surface area contributed by atoms with Crippen LogP contribution in [0.1, 0.15) is 37.0 Å². The lowest BCUT2D eigenvalue weighted by atomic mass is 9.97. The number of hydrogen-bond donors (Lipinski definition) is 2. The maximum absolute atomic E-state index is 12.6. The smallest absolute Gasteiger partial charge is 0.253 e. The highest BCUT2D eigenvalue weighted by Crippen LogP contribution is 2.19. The largest absolute Gasteiger partial charge is 0.339 e. The number of halogens is 1. The molecule has 0 radical (unpaired) electrons. The lowest BCUT2D eigenvalue weighted by Gasteiger charge is -2.31. The summed E-state index contributed by atoms with van der Waals surface area (Å²) in [5.74, 6) is -0.117. The van der Waals surface area contributed by atoms with Crippen molar-refractivity contribution in [2.45, 2.75) is 26.7 Å². The van der Waals surface area contributed by atoms with Crippen LogP contribution in [0, 0.1) is 5.92 Å². The van der Waals surface area contributed by atoms with Crippen molar-refractivity contribution in [3.05, 3.63) is 53.2 Å². The van der Waals surface area contributed by atoms with Crippen LogP contribution < -0.4 is 10.6 Å². The molecule has 0 saturated carbocycles. The summed E-state index contributed by atoms with van der Waals surface area (Å²) in [4.78, 5) is 45.6. The van der Waals surface area contributed by atoms with Crippen LogP contribution in [0.2, 0.25) is 5.02 Å². The molecule has 1 aromatic carbocycles. The maximum atomic E-state index is 12.6. The second-order valence-corrected chi connectivity index (χ2v) is 8.47. The van der Waals surface area contributed by atoms with Crippen molar-refractivity contribution in [2.75, 3.05) is 43.4 Å². The number of hydrogen-bond acceptors (Lipinski definition) is 5. The minimum Gasteiger partial charge on any atom is -0.339 e. The van der Waals surface area contributed by atoms with E-state index in [1.54, 1.807) is 41.3 Å². The number of nitrogens with zero attached hydrogens (tertiary/aromatic N) is 3. The van der Waals surface area contributed by atoms with Gasteiger partial charge in [-0.05, 0) is 63.6 Å². The Kier molecular flexibility index (Phi) is 8.79. The van der Waals surface area contributed by atoms with Gasteiger partial charge in [-0.15, -0.1) is 0 Å². The molecule has 1 aliphatic heterocycles.